The fraction of sp³-hybridized carbons (Fsp3) is 1.00. The molecule has 1 aliphatic heterocycles. The molecule has 1 saturated heterocycles. The third-order valence-corrected chi connectivity index (χ3v) is 5.01. The highest BCUT2D eigenvalue weighted by Gasteiger charge is 2.10. The highest BCUT2D eigenvalue weighted by atomic mass is 16.6. The maximum absolute atomic E-state index is 5.92. The number of hydrogen-bond donors (Lipinski definition) is 0. The maximum Gasteiger partial charge on any atom is 0.0809 e. The van der Waals surface area contributed by atoms with Gasteiger partial charge in [-0.25, -0.2) is 0 Å². The molecule has 0 amide bonds. The van der Waals surface area contributed by atoms with Gasteiger partial charge in [-0.15, -0.1) is 0 Å². The second-order valence-corrected chi connectivity index (χ2v) is 7.47. The summed E-state index contributed by atoms with van der Waals surface area (Å²) in [5.74, 6) is 0. The van der Waals surface area contributed by atoms with Crippen molar-refractivity contribution in [1.82, 2.24) is 0 Å². The Balaban J connectivity index is 1.91. The minimum atomic E-state index is 0.209. The molecule has 1 aliphatic rings. The van der Waals surface area contributed by atoms with E-state index in [1.165, 1.54) is 77.0 Å². The molecule has 1 unspecified atom stereocenters. The molecular formula is C22H44O4. The summed E-state index contributed by atoms with van der Waals surface area (Å²) in [5.41, 5.74) is 0. The molecule has 0 spiro atoms. The van der Waals surface area contributed by atoms with E-state index in [0.717, 1.165) is 6.42 Å². The molecule has 0 aromatic rings. The van der Waals surface area contributed by atoms with Crippen LogP contribution in [0.2, 0.25) is 0 Å². The Morgan fingerprint density at radius 2 is 1.00 bits per heavy atom. The standard InChI is InChI=1S/C22H44O4/c1-2-3-4-5-6-7-8-9-10-11-12-13-14-22-21-25-18-17-23-15-16-24-19-20-26-22/h22H,2-21H2,1H3. The van der Waals surface area contributed by atoms with Crippen molar-refractivity contribution in [2.24, 2.45) is 0 Å². The number of hydrogen-bond acceptors (Lipinski definition) is 4. The number of ether oxygens (including phenoxy) is 4. The van der Waals surface area contributed by atoms with Gasteiger partial charge in [0.05, 0.1) is 52.4 Å². The summed E-state index contributed by atoms with van der Waals surface area (Å²) in [6.07, 6.45) is 18.0. The lowest BCUT2D eigenvalue weighted by atomic mass is 10.0. The average Bonchev–Trinajstić information content (AvgIpc) is 2.64. The van der Waals surface area contributed by atoms with Crippen LogP contribution in [0.25, 0.3) is 0 Å². The molecule has 0 aliphatic carbocycles. The van der Waals surface area contributed by atoms with Crippen molar-refractivity contribution in [1.29, 1.82) is 0 Å². The molecule has 1 fully saturated rings. The second kappa shape index (κ2) is 19.6. The fourth-order valence-electron chi connectivity index (χ4n) is 3.36. The Bertz CT molecular complexity index is 261. The van der Waals surface area contributed by atoms with Crippen molar-refractivity contribution in [2.75, 3.05) is 46.2 Å². The number of rotatable bonds is 13. The van der Waals surface area contributed by atoms with E-state index >= 15 is 0 Å². The summed E-state index contributed by atoms with van der Waals surface area (Å²) in [6, 6.07) is 0. The van der Waals surface area contributed by atoms with Gasteiger partial charge in [0.1, 0.15) is 0 Å². The fourth-order valence-corrected chi connectivity index (χ4v) is 3.36. The molecule has 0 N–H and O–H groups in total. The summed E-state index contributed by atoms with van der Waals surface area (Å²) >= 11 is 0. The first-order chi connectivity index (χ1) is 12.9. The van der Waals surface area contributed by atoms with Gasteiger partial charge in [-0.3, -0.25) is 0 Å². The van der Waals surface area contributed by atoms with E-state index in [9.17, 15) is 0 Å². The Hall–Kier alpha value is -0.160. The molecular weight excluding hydrogens is 328 g/mol. The third kappa shape index (κ3) is 16.0. The van der Waals surface area contributed by atoms with Gasteiger partial charge in [0.15, 0.2) is 0 Å². The molecule has 4 heteroatoms. The molecule has 1 heterocycles. The summed E-state index contributed by atoms with van der Waals surface area (Å²) in [4.78, 5) is 0. The van der Waals surface area contributed by atoms with Crippen molar-refractivity contribution in [3.05, 3.63) is 0 Å². The van der Waals surface area contributed by atoms with Crippen LogP contribution in [0.4, 0.5) is 0 Å². The van der Waals surface area contributed by atoms with Gasteiger partial charge >= 0.3 is 0 Å². The van der Waals surface area contributed by atoms with Crippen molar-refractivity contribution in [3.8, 4) is 0 Å². The van der Waals surface area contributed by atoms with E-state index < -0.39 is 0 Å². The maximum atomic E-state index is 5.92. The molecule has 0 bridgehead atoms. The lowest BCUT2D eigenvalue weighted by molar-refractivity contribution is -0.0690. The van der Waals surface area contributed by atoms with Crippen LogP contribution in [0.5, 0.6) is 0 Å². The summed E-state index contributed by atoms with van der Waals surface area (Å²) in [6.45, 7) is 6.86. The normalized spacial score (nSPS) is 20.4. The van der Waals surface area contributed by atoms with Crippen LogP contribution in [0.1, 0.15) is 90.4 Å². The Labute approximate surface area is 162 Å². The van der Waals surface area contributed by atoms with Gasteiger partial charge in [0.25, 0.3) is 0 Å². The van der Waals surface area contributed by atoms with Gasteiger partial charge in [0.2, 0.25) is 0 Å². The van der Waals surface area contributed by atoms with Crippen molar-refractivity contribution < 1.29 is 18.9 Å². The smallest absolute Gasteiger partial charge is 0.0809 e. The van der Waals surface area contributed by atoms with Crippen molar-refractivity contribution in [3.63, 3.8) is 0 Å². The van der Waals surface area contributed by atoms with Crippen LogP contribution >= 0.6 is 0 Å². The van der Waals surface area contributed by atoms with Crippen LogP contribution < -0.4 is 0 Å². The predicted octanol–water partition coefficient (Wildman–Crippen LogP) is 5.53. The molecule has 0 aromatic heterocycles. The summed E-state index contributed by atoms with van der Waals surface area (Å²) in [5, 5.41) is 0. The Kier molecular flexibility index (Phi) is 18.0. The average molecular weight is 373 g/mol. The number of unbranched alkanes of at least 4 members (excludes halogenated alkanes) is 11. The van der Waals surface area contributed by atoms with Crippen LogP contribution in [0, 0.1) is 0 Å². The van der Waals surface area contributed by atoms with Gasteiger partial charge in [-0.05, 0) is 6.42 Å². The lowest BCUT2D eigenvalue weighted by Gasteiger charge is -2.19. The molecule has 0 radical (unpaired) electrons. The molecule has 26 heavy (non-hydrogen) atoms. The van der Waals surface area contributed by atoms with E-state index in [1.54, 1.807) is 0 Å². The van der Waals surface area contributed by atoms with E-state index in [1.807, 2.05) is 0 Å². The Morgan fingerprint density at radius 3 is 1.58 bits per heavy atom. The zero-order valence-electron chi connectivity index (χ0n) is 17.4. The molecule has 1 atom stereocenters. The van der Waals surface area contributed by atoms with E-state index in [4.69, 9.17) is 18.9 Å². The first kappa shape index (κ1) is 23.9. The van der Waals surface area contributed by atoms with E-state index in [2.05, 4.69) is 6.92 Å². The SMILES string of the molecule is CCCCCCCCCCCCCCC1COCCOCCOCCO1. The van der Waals surface area contributed by atoms with Crippen LogP contribution in [-0.4, -0.2) is 52.4 Å². The second-order valence-electron chi connectivity index (χ2n) is 7.47. The van der Waals surface area contributed by atoms with E-state index in [0.29, 0.717) is 46.2 Å². The zero-order chi connectivity index (χ0) is 18.5. The minimum Gasteiger partial charge on any atom is -0.377 e. The van der Waals surface area contributed by atoms with E-state index in [-0.39, 0.29) is 6.10 Å². The largest absolute Gasteiger partial charge is 0.377 e. The van der Waals surface area contributed by atoms with Crippen LogP contribution in [-0.2, 0) is 18.9 Å². The molecule has 0 aromatic carbocycles. The van der Waals surface area contributed by atoms with Gasteiger partial charge < -0.3 is 18.9 Å². The zero-order valence-corrected chi connectivity index (χ0v) is 17.4. The van der Waals surface area contributed by atoms with Gasteiger partial charge in [-0.1, -0.05) is 84.0 Å². The highest BCUT2D eigenvalue weighted by Crippen LogP contribution is 2.14. The minimum absolute atomic E-state index is 0.209. The summed E-state index contributed by atoms with van der Waals surface area (Å²) in [7, 11) is 0. The molecule has 0 saturated carbocycles. The highest BCUT2D eigenvalue weighted by molar-refractivity contribution is 4.59. The first-order valence-corrected chi connectivity index (χ1v) is 11.3. The van der Waals surface area contributed by atoms with Crippen LogP contribution in [0.15, 0.2) is 0 Å². The quantitative estimate of drug-likeness (QED) is 0.399. The molecule has 156 valence electrons. The monoisotopic (exact) mass is 372 g/mol. The van der Waals surface area contributed by atoms with Crippen molar-refractivity contribution >= 4 is 0 Å². The summed E-state index contributed by atoms with van der Waals surface area (Å²) < 4.78 is 22.5. The van der Waals surface area contributed by atoms with Crippen LogP contribution in [0.3, 0.4) is 0 Å². The first-order valence-electron chi connectivity index (χ1n) is 11.3. The van der Waals surface area contributed by atoms with Gasteiger partial charge in [0, 0.05) is 0 Å². The Morgan fingerprint density at radius 1 is 0.538 bits per heavy atom. The third-order valence-electron chi connectivity index (χ3n) is 5.01. The lowest BCUT2D eigenvalue weighted by Crippen LogP contribution is -2.24. The molecule has 1 rings (SSSR count). The van der Waals surface area contributed by atoms with Gasteiger partial charge in [-0.2, -0.15) is 0 Å². The van der Waals surface area contributed by atoms with Crippen molar-refractivity contribution in [2.45, 2.75) is 96.5 Å². The topological polar surface area (TPSA) is 36.9 Å². The molecule has 4 nitrogen and oxygen atoms in total. The predicted molar refractivity (Wildman–Crippen MR) is 108 cm³/mol.